The molecule has 1 saturated heterocycles. The second-order valence-electron chi connectivity index (χ2n) is 6.78. The zero-order valence-electron chi connectivity index (χ0n) is 13.4. The Balaban J connectivity index is 0.00000176. The van der Waals surface area contributed by atoms with Crippen molar-refractivity contribution < 1.29 is 4.79 Å². The number of halogens is 1. The van der Waals surface area contributed by atoms with Crippen molar-refractivity contribution in [1.29, 1.82) is 0 Å². The molecule has 0 radical (unpaired) electrons. The van der Waals surface area contributed by atoms with Crippen LogP contribution in [0.5, 0.6) is 0 Å². The summed E-state index contributed by atoms with van der Waals surface area (Å²) < 4.78 is 0. The van der Waals surface area contributed by atoms with E-state index in [1.165, 1.54) is 5.56 Å². The van der Waals surface area contributed by atoms with Gasteiger partial charge in [-0.3, -0.25) is 9.69 Å². The van der Waals surface area contributed by atoms with Crippen molar-refractivity contribution in [2.24, 2.45) is 11.1 Å². The van der Waals surface area contributed by atoms with Crippen molar-refractivity contribution >= 4 is 24.0 Å². The molecule has 0 aromatic heterocycles. The maximum atomic E-state index is 12.8. The highest BCUT2D eigenvalue weighted by atomic mass is 35.5. The number of carbonyl (C=O) groups excluding carboxylic acids is 1. The van der Waals surface area contributed by atoms with Crippen LogP contribution >= 0.6 is 12.4 Å². The van der Waals surface area contributed by atoms with Crippen LogP contribution in [-0.4, -0.2) is 43.0 Å². The van der Waals surface area contributed by atoms with Crippen LogP contribution in [-0.2, 0) is 11.2 Å². The number of hydrogen-bond acceptors (Lipinski definition) is 3. The first kappa shape index (κ1) is 17.3. The summed E-state index contributed by atoms with van der Waals surface area (Å²) in [5, 5.41) is 0. The summed E-state index contributed by atoms with van der Waals surface area (Å²) in [6, 6.07) is 8.17. The van der Waals surface area contributed by atoms with Crippen LogP contribution in [0.3, 0.4) is 0 Å². The fraction of sp³-hybridized carbons (Fsp3) is 0.588. The molecule has 5 heteroatoms. The molecule has 2 aliphatic heterocycles. The van der Waals surface area contributed by atoms with Crippen molar-refractivity contribution in [3.63, 3.8) is 0 Å². The maximum absolute atomic E-state index is 12.8. The molecule has 3 rings (SSSR count). The van der Waals surface area contributed by atoms with Crippen LogP contribution in [0, 0.1) is 5.41 Å². The van der Waals surface area contributed by atoms with Gasteiger partial charge >= 0.3 is 0 Å². The molecule has 122 valence electrons. The summed E-state index contributed by atoms with van der Waals surface area (Å²) in [4.78, 5) is 17.1. The number of nitrogens with zero attached hydrogens (tertiary/aromatic N) is 2. The summed E-state index contributed by atoms with van der Waals surface area (Å²) in [6.45, 7) is 7.64. The van der Waals surface area contributed by atoms with Gasteiger partial charge in [-0.25, -0.2) is 0 Å². The Morgan fingerprint density at radius 2 is 2.09 bits per heavy atom. The summed E-state index contributed by atoms with van der Waals surface area (Å²) in [6.07, 6.45) is 2.05. The van der Waals surface area contributed by atoms with Crippen molar-refractivity contribution in [2.75, 3.05) is 31.1 Å². The number of amides is 1. The molecule has 0 saturated carbocycles. The monoisotopic (exact) mass is 323 g/mol. The van der Waals surface area contributed by atoms with Crippen molar-refractivity contribution in [2.45, 2.75) is 32.7 Å². The summed E-state index contributed by atoms with van der Waals surface area (Å²) in [5.41, 5.74) is 8.41. The Morgan fingerprint density at radius 1 is 1.36 bits per heavy atom. The lowest BCUT2D eigenvalue weighted by atomic mass is 9.90. The van der Waals surface area contributed by atoms with Crippen LogP contribution in [0.2, 0.25) is 0 Å². The molecule has 1 amide bonds. The van der Waals surface area contributed by atoms with Crippen molar-refractivity contribution in [1.82, 2.24) is 4.90 Å². The molecule has 1 fully saturated rings. The van der Waals surface area contributed by atoms with Crippen LogP contribution in [0.1, 0.15) is 25.8 Å². The summed E-state index contributed by atoms with van der Waals surface area (Å²) >= 11 is 0. The van der Waals surface area contributed by atoms with Gasteiger partial charge in [-0.05, 0) is 49.9 Å². The number of nitrogens with two attached hydrogens (primary N) is 1. The van der Waals surface area contributed by atoms with Crippen LogP contribution in [0.15, 0.2) is 24.3 Å². The maximum Gasteiger partial charge on any atom is 0.244 e. The van der Waals surface area contributed by atoms with Gasteiger partial charge in [0, 0.05) is 18.8 Å². The van der Waals surface area contributed by atoms with Crippen molar-refractivity contribution in [3.05, 3.63) is 29.8 Å². The third-order valence-electron chi connectivity index (χ3n) is 5.14. The molecule has 4 nitrogen and oxygen atoms in total. The van der Waals surface area contributed by atoms with Gasteiger partial charge < -0.3 is 10.6 Å². The first-order chi connectivity index (χ1) is 10.0. The van der Waals surface area contributed by atoms with Crippen molar-refractivity contribution in [3.8, 4) is 0 Å². The van der Waals surface area contributed by atoms with Crippen LogP contribution in [0.4, 0.5) is 5.69 Å². The number of carbonyl (C=O) groups is 1. The molecule has 0 spiro atoms. The Kier molecular flexibility index (Phi) is 5.15. The third kappa shape index (κ3) is 3.00. The molecule has 2 unspecified atom stereocenters. The number of anilines is 1. The fourth-order valence-electron chi connectivity index (χ4n) is 3.51. The highest BCUT2D eigenvalue weighted by Crippen LogP contribution is 2.32. The topological polar surface area (TPSA) is 49.6 Å². The van der Waals surface area contributed by atoms with E-state index in [-0.39, 0.29) is 29.8 Å². The molecule has 2 aliphatic rings. The minimum Gasteiger partial charge on any atom is -0.330 e. The van der Waals surface area contributed by atoms with E-state index >= 15 is 0 Å². The van der Waals surface area contributed by atoms with Gasteiger partial charge in [-0.15, -0.1) is 12.4 Å². The summed E-state index contributed by atoms with van der Waals surface area (Å²) in [5.74, 6) is 0.223. The van der Waals surface area contributed by atoms with Gasteiger partial charge in [-0.1, -0.05) is 25.1 Å². The zero-order chi connectivity index (χ0) is 15.0. The second-order valence-corrected chi connectivity index (χ2v) is 6.78. The molecule has 0 aliphatic carbocycles. The lowest BCUT2D eigenvalue weighted by Gasteiger charge is -2.29. The molecule has 1 aromatic carbocycles. The Labute approximate surface area is 139 Å². The highest BCUT2D eigenvalue weighted by molar-refractivity contribution is 5.98. The number of para-hydroxylation sites is 1. The smallest absolute Gasteiger partial charge is 0.244 e. The Morgan fingerprint density at radius 3 is 2.77 bits per heavy atom. The number of likely N-dealkylation sites (tertiary alicyclic amines) is 1. The van der Waals surface area contributed by atoms with Crippen LogP contribution in [0.25, 0.3) is 0 Å². The van der Waals surface area contributed by atoms with E-state index in [9.17, 15) is 4.79 Å². The third-order valence-corrected chi connectivity index (χ3v) is 5.14. The number of benzene rings is 1. The summed E-state index contributed by atoms with van der Waals surface area (Å²) in [7, 11) is 0. The van der Waals surface area contributed by atoms with Gasteiger partial charge in [0.1, 0.15) is 0 Å². The largest absolute Gasteiger partial charge is 0.330 e. The predicted molar refractivity (Wildman–Crippen MR) is 92.6 cm³/mol. The van der Waals surface area contributed by atoms with E-state index in [2.05, 4.69) is 24.0 Å². The minimum absolute atomic E-state index is 0. The van der Waals surface area contributed by atoms with Gasteiger partial charge in [-0.2, -0.15) is 0 Å². The van der Waals surface area contributed by atoms with E-state index in [1.807, 2.05) is 24.0 Å². The molecule has 1 aromatic rings. The molecule has 0 bridgehead atoms. The average molecular weight is 324 g/mol. The van der Waals surface area contributed by atoms with E-state index in [0.29, 0.717) is 6.54 Å². The fourth-order valence-corrected chi connectivity index (χ4v) is 3.51. The van der Waals surface area contributed by atoms with E-state index in [0.717, 1.165) is 38.2 Å². The molecule has 2 N–H and O–H groups in total. The van der Waals surface area contributed by atoms with Gasteiger partial charge in [0.15, 0.2) is 0 Å². The molecular weight excluding hydrogens is 298 g/mol. The highest BCUT2D eigenvalue weighted by Gasteiger charge is 2.38. The first-order valence-electron chi connectivity index (χ1n) is 7.87. The lowest BCUT2D eigenvalue weighted by molar-refractivity contribution is -0.122. The molecule has 22 heavy (non-hydrogen) atoms. The Bertz CT molecular complexity index is 550. The van der Waals surface area contributed by atoms with E-state index in [4.69, 9.17) is 5.73 Å². The lowest BCUT2D eigenvalue weighted by Crippen LogP contribution is -2.47. The second kappa shape index (κ2) is 6.57. The molecule has 2 heterocycles. The average Bonchev–Trinajstić information content (AvgIpc) is 3.10. The van der Waals surface area contributed by atoms with Gasteiger partial charge in [0.25, 0.3) is 0 Å². The quantitative estimate of drug-likeness (QED) is 0.926. The van der Waals surface area contributed by atoms with E-state index < -0.39 is 0 Å². The van der Waals surface area contributed by atoms with E-state index in [1.54, 1.807) is 0 Å². The Hall–Kier alpha value is -1.10. The number of rotatable bonds is 3. The molecule has 2 atom stereocenters. The predicted octanol–water partition coefficient (Wildman–Crippen LogP) is 2.06. The standard InChI is InChI=1S/C17H25N3O.ClH/c1-13(19-10-8-17(2,11-18)12-19)16(21)20-9-7-14-5-3-4-6-15(14)20;/h3-6,13H,7-12,18H2,1-2H3;1H. The zero-order valence-corrected chi connectivity index (χ0v) is 14.2. The minimum atomic E-state index is -0.0652. The number of fused-ring (bicyclic) bond motifs is 1. The SMILES string of the molecule is CC(C(=O)N1CCc2ccccc21)N1CCC(C)(CN)C1.Cl. The number of hydrogen-bond donors (Lipinski definition) is 1. The van der Waals surface area contributed by atoms with Crippen LogP contribution < -0.4 is 10.6 Å². The molecular formula is C17H26ClN3O. The first-order valence-corrected chi connectivity index (χ1v) is 7.87. The normalized spacial score (nSPS) is 25.7. The van der Waals surface area contributed by atoms with Gasteiger partial charge in [0.05, 0.1) is 6.04 Å². The van der Waals surface area contributed by atoms with Gasteiger partial charge in [0.2, 0.25) is 5.91 Å².